The number of aromatic nitrogens is 3. The van der Waals surface area contributed by atoms with Gasteiger partial charge in [0.15, 0.2) is 5.01 Å². The largest absolute Gasteiger partial charge is 0.300 e. The molecule has 0 aliphatic rings. The Kier molecular flexibility index (Phi) is 4.50. The van der Waals surface area contributed by atoms with Gasteiger partial charge in [0.25, 0.3) is 6.43 Å². The summed E-state index contributed by atoms with van der Waals surface area (Å²) in [5.74, 6) is -0.362. The van der Waals surface area contributed by atoms with Crippen molar-refractivity contribution in [3.8, 4) is 10.6 Å². The summed E-state index contributed by atoms with van der Waals surface area (Å²) in [5.41, 5.74) is 1.65. The normalized spacial score (nSPS) is 11.0. The Labute approximate surface area is 135 Å². The molecule has 0 aromatic carbocycles. The van der Waals surface area contributed by atoms with E-state index < -0.39 is 11.4 Å². The van der Waals surface area contributed by atoms with Crippen LogP contribution in [0, 0.1) is 0 Å². The summed E-state index contributed by atoms with van der Waals surface area (Å²) in [5, 5.41) is 15.5. The number of thiazole rings is 1. The predicted octanol–water partition coefficient (Wildman–Crippen LogP) is 3.84. The summed E-state index contributed by atoms with van der Waals surface area (Å²) in [6.07, 6.45) is -2.63. The molecule has 5 nitrogen and oxygen atoms in total. The van der Waals surface area contributed by atoms with Crippen LogP contribution in [0.1, 0.15) is 17.1 Å². The Morgan fingerprint density at radius 1 is 1.32 bits per heavy atom. The molecule has 10 heteroatoms. The Hall–Kier alpha value is -1.78. The van der Waals surface area contributed by atoms with Crippen molar-refractivity contribution in [3.05, 3.63) is 32.9 Å². The standard InChI is InChI=1S/C12H8F2N4OS3/c13-9(14)11-17-18-12(22-11)16-8(19)3-7-5-21-10(15-7)6-1-2-20-4-6/h1-2,4-5,9H,3H2,(H,16,18,19). The van der Waals surface area contributed by atoms with Crippen LogP contribution >= 0.6 is 34.0 Å². The van der Waals surface area contributed by atoms with E-state index in [0.717, 1.165) is 10.6 Å². The minimum Gasteiger partial charge on any atom is -0.300 e. The molecular formula is C12H8F2N4OS3. The highest BCUT2D eigenvalue weighted by molar-refractivity contribution is 7.15. The molecule has 22 heavy (non-hydrogen) atoms. The van der Waals surface area contributed by atoms with E-state index in [1.807, 2.05) is 16.8 Å². The van der Waals surface area contributed by atoms with Gasteiger partial charge in [-0.3, -0.25) is 4.79 Å². The van der Waals surface area contributed by atoms with E-state index in [1.54, 1.807) is 16.7 Å². The van der Waals surface area contributed by atoms with Crippen molar-refractivity contribution in [1.29, 1.82) is 0 Å². The van der Waals surface area contributed by atoms with Crippen molar-refractivity contribution in [1.82, 2.24) is 15.2 Å². The van der Waals surface area contributed by atoms with Gasteiger partial charge < -0.3 is 5.32 Å². The third-order valence-corrected chi connectivity index (χ3v) is 5.00. The first kappa shape index (κ1) is 15.1. The third-order valence-electron chi connectivity index (χ3n) is 2.54. The summed E-state index contributed by atoms with van der Waals surface area (Å²) in [7, 11) is 0. The van der Waals surface area contributed by atoms with E-state index in [4.69, 9.17) is 0 Å². The SMILES string of the molecule is O=C(Cc1csc(-c2ccsc2)n1)Nc1nnc(C(F)F)s1. The van der Waals surface area contributed by atoms with Crippen molar-refractivity contribution >= 4 is 45.0 Å². The highest BCUT2D eigenvalue weighted by Gasteiger charge is 2.16. The summed E-state index contributed by atoms with van der Waals surface area (Å²) >= 11 is 3.69. The molecule has 0 saturated carbocycles. The zero-order chi connectivity index (χ0) is 15.5. The fourth-order valence-corrected chi connectivity index (χ4v) is 3.76. The molecule has 0 saturated heterocycles. The van der Waals surface area contributed by atoms with Gasteiger partial charge in [-0.2, -0.15) is 11.3 Å². The molecule has 3 heterocycles. The zero-order valence-electron chi connectivity index (χ0n) is 10.8. The highest BCUT2D eigenvalue weighted by Crippen LogP contribution is 2.27. The highest BCUT2D eigenvalue weighted by atomic mass is 32.1. The van der Waals surface area contributed by atoms with Crippen LogP contribution < -0.4 is 5.32 Å². The van der Waals surface area contributed by atoms with Crippen LogP contribution in [0.3, 0.4) is 0 Å². The number of anilines is 1. The van der Waals surface area contributed by atoms with E-state index in [9.17, 15) is 13.6 Å². The monoisotopic (exact) mass is 358 g/mol. The number of alkyl halides is 2. The number of hydrogen-bond donors (Lipinski definition) is 1. The Bertz CT molecular complexity index is 769. The van der Waals surface area contributed by atoms with Crippen LogP contribution in [0.25, 0.3) is 10.6 Å². The smallest absolute Gasteiger partial charge is 0.291 e. The van der Waals surface area contributed by atoms with Gasteiger partial charge in [-0.25, -0.2) is 13.8 Å². The second-order valence-corrected chi connectivity index (χ2v) is 6.77. The Morgan fingerprint density at radius 3 is 2.86 bits per heavy atom. The number of nitrogens with one attached hydrogen (secondary N) is 1. The number of thiophene rings is 1. The van der Waals surface area contributed by atoms with E-state index in [1.165, 1.54) is 11.3 Å². The second-order valence-electron chi connectivity index (χ2n) is 4.13. The second kappa shape index (κ2) is 6.55. The number of halogens is 2. The van der Waals surface area contributed by atoms with Gasteiger partial charge in [0.2, 0.25) is 11.0 Å². The molecule has 1 N–H and O–H groups in total. The Balaban J connectivity index is 1.62. The van der Waals surface area contributed by atoms with Crippen LogP contribution in [-0.2, 0) is 11.2 Å². The fourth-order valence-electron chi connectivity index (χ4n) is 1.61. The number of amides is 1. The molecule has 0 fully saturated rings. The zero-order valence-corrected chi connectivity index (χ0v) is 13.3. The van der Waals surface area contributed by atoms with E-state index in [0.29, 0.717) is 17.0 Å². The molecule has 1 amide bonds. The van der Waals surface area contributed by atoms with Crippen LogP contribution in [0.15, 0.2) is 22.2 Å². The first-order chi connectivity index (χ1) is 10.6. The van der Waals surface area contributed by atoms with Gasteiger partial charge in [-0.05, 0) is 11.4 Å². The van der Waals surface area contributed by atoms with Gasteiger partial charge in [0.1, 0.15) is 5.01 Å². The predicted molar refractivity (Wildman–Crippen MR) is 82.6 cm³/mol. The lowest BCUT2D eigenvalue weighted by Gasteiger charge is -1.98. The van der Waals surface area contributed by atoms with E-state index in [2.05, 4.69) is 20.5 Å². The van der Waals surface area contributed by atoms with Crippen molar-refractivity contribution < 1.29 is 13.6 Å². The van der Waals surface area contributed by atoms with Gasteiger partial charge in [-0.1, -0.05) is 11.3 Å². The fraction of sp³-hybridized carbons (Fsp3) is 0.167. The molecule has 0 bridgehead atoms. The maximum Gasteiger partial charge on any atom is 0.291 e. The number of carbonyl (C=O) groups is 1. The topological polar surface area (TPSA) is 67.8 Å². The maximum atomic E-state index is 12.4. The lowest BCUT2D eigenvalue weighted by molar-refractivity contribution is -0.115. The van der Waals surface area contributed by atoms with Crippen LogP contribution in [0.5, 0.6) is 0 Å². The molecular weight excluding hydrogens is 350 g/mol. The molecule has 3 aromatic rings. The molecule has 0 aliphatic heterocycles. The van der Waals surface area contributed by atoms with Crippen molar-refractivity contribution in [2.75, 3.05) is 5.32 Å². The maximum absolute atomic E-state index is 12.4. The van der Waals surface area contributed by atoms with Gasteiger partial charge in [0, 0.05) is 16.3 Å². The molecule has 0 aliphatic carbocycles. The average molecular weight is 358 g/mol. The molecule has 114 valence electrons. The molecule has 0 spiro atoms. The number of hydrogen-bond acceptors (Lipinski definition) is 7. The molecule has 3 aromatic heterocycles. The van der Waals surface area contributed by atoms with Crippen LogP contribution in [-0.4, -0.2) is 21.1 Å². The van der Waals surface area contributed by atoms with Crippen molar-refractivity contribution in [2.45, 2.75) is 12.8 Å². The van der Waals surface area contributed by atoms with E-state index in [-0.39, 0.29) is 17.5 Å². The summed E-state index contributed by atoms with van der Waals surface area (Å²) in [6, 6.07) is 1.96. The lowest BCUT2D eigenvalue weighted by atomic mass is 10.3. The Morgan fingerprint density at radius 2 is 2.18 bits per heavy atom. The van der Waals surface area contributed by atoms with Gasteiger partial charge >= 0.3 is 0 Å². The van der Waals surface area contributed by atoms with Crippen LogP contribution in [0.4, 0.5) is 13.9 Å². The summed E-state index contributed by atoms with van der Waals surface area (Å²) in [6.45, 7) is 0. The number of carbonyl (C=O) groups excluding carboxylic acids is 1. The summed E-state index contributed by atoms with van der Waals surface area (Å²) in [4.78, 5) is 16.2. The molecule has 0 radical (unpaired) electrons. The van der Waals surface area contributed by atoms with Crippen molar-refractivity contribution in [3.63, 3.8) is 0 Å². The molecule has 0 atom stereocenters. The minimum absolute atomic E-state index is 0.0598. The number of rotatable bonds is 5. The first-order valence-corrected chi connectivity index (χ1v) is 8.64. The first-order valence-electron chi connectivity index (χ1n) is 6.00. The summed E-state index contributed by atoms with van der Waals surface area (Å²) < 4.78 is 24.8. The average Bonchev–Trinajstić information content (AvgIpc) is 3.18. The van der Waals surface area contributed by atoms with Gasteiger partial charge in [0.05, 0.1) is 12.1 Å². The quantitative estimate of drug-likeness (QED) is 0.752. The minimum atomic E-state index is -2.69. The van der Waals surface area contributed by atoms with Crippen LogP contribution in [0.2, 0.25) is 0 Å². The van der Waals surface area contributed by atoms with Gasteiger partial charge in [-0.15, -0.1) is 21.5 Å². The molecule has 0 unspecified atom stereocenters. The lowest BCUT2D eigenvalue weighted by Crippen LogP contribution is -2.14. The number of nitrogens with zero attached hydrogens (tertiary/aromatic N) is 3. The molecule has 3 rings (SSSR count). The third kappa shape index (κ3) is 3.51. The van der Waals surface area contributed by atoms with E-state index >= 15 is 0 Å². The van der Waals surface area contributed by atoms with Crippen molar-refractivity contribution in [2.24, 2.45) is 0 Å².